The minimum Gasteiger partial charge on any atom is -0.489 e. The Labute approximate surface area is 93.4 Å². The van der Waals surface area contributed by atoms with Crippen molar-refractivity contribution in [2.75, 3.05) is 0 Å². The molecular weight excluding hydrogens is 208 g/mol. The van der Waals surface area contributed by atoms with Crippen LogP contribution in [0.4, 0.5) is 5.69 Å². The van der Waals surface area contributed by atoms with Gasteiger partial charge in [0, 0.05) is 6.07 Å². The quantitative estimate of drug-likeness (QED) is 0.577. The lowest BCUT2D eigenvalue weighted by atomic mass is 10.1. The number of nitriles is 1. The highest BCUT2D eigenvalue weighted by Gasteiger charge is 2.18. The Hall–Kier alpha value is -2.09. The van der Waals surface area contributed by atoms with Crippen molar-refractivity contribution in [2.45, 2.75) is 26.4 Å². The van der Waals surface area contributed by atoms with Gasteiger partial charge in [-0.3, -0.25) is 10.1 Å². The van der Waals surface area contributed by atoms with Crippen LogP contribution in [0.2, 0.25) is 0 Å². The Bertz CT molecular complexity index is 437. The first-order chi connectivity index (χ1) is 7.60. The van der Waals surface area contributed by atoms with Gasteiger partial charge in [0.05, 0.1) is 11.0 Å². The summed E-state index contributed by atoms with van der Waals surface area (Å²) in [6, 6.07) is 6.18. The number of nitrogens with zero attached hydrogens (tertiary/aromatic N) is 2. The van der Waals surface area contributed by atoms with E-state index in [0.29, 0.717) is 0 Å². The summed E-state index contributed by atoms with van der Waals surface area (Å²) in [4.78, 5) is 10.1. The van der Waals surface area contributed by atoms with E-state index in [1.165, 1.54) is 12.1 Å². The first-order valence-corrected chi connectivity index (χ1v) is 4.94. The zero-order valence-corrected chi connectivity index (χ0v) is 9.14. The van der Waals surface area contributed by atoms with Crippen molar-refractivity contribution in [3.63, 3.8) is 0 Å². The average molecular weight is 220 g/mol. The summed E-state index contributed by atoms with van der Waals surface area (Å²) >= 11 is 0. The summed E-state index contributed by atoms with van der Waals surface area (Å²) in [6.07, 6.45) is 0.696. The molecule has 0 spiro atoms. The summed E-state index contributed by atoms with van der Waals surface area (Å²) in [6.45, 7) is 3.79. The second kappa shape index (κ2) is 5.12. The Morgan fingerprint density at radius 1 is 1.62 bits per heavy atom. The number of ether oxygens (including phenoxy) is 1. The van der Waals surface area contributed by atoms with E-state index in [4.69, 9.17) is 10.00 Å². The van der Waals surface area contributed by atoms with Gasteiger partial charge in [0.2, 0.25) is 0 Å². The van der Waals surface area contributed by atoms with Gasteiger partial charge >= 0.3 is 0 Å². The summed E-state index contributed by atoms with van der Waals surface area (Å²) in [7, 11) is 0. The predicted octanol–water partition coefficient (Wildman–Crippen LogP) is 2.64. The van der Waals surface area contributed by atoms with Crippen LogP contribution in [-0.2, 0) is 0 Å². The van der Waals surface area contributed by atoms with Crippen LogP contribution in [0.25, 0.3) is 0 Å². The number of hydrogen-bond acceptors (Lipinski definition) is 4. The molecule has 1 rings (SSSR count). The number of nitro benzene ring substituents is 1. The highest BCUT2D eigenvalue weighted by molar-refractivity contribution is 5.56. The topological polar surface area (TPSA) is 76.2 Å². The Kier molecular flexibility index (Phi) is 3.84. The third-order valence-electron chi connectivity index (χ3n) is 2.22. The molecule has 1 unspecified atom stereocenters. The van der Waals surface area contributed by atoms with E-state index in [1.54, 1.807) is 6.07 Å². The van der Waals surface area contributed by atoms with Crippen LogP contribution >= 0.6 is 0 Å². The second-order valence-electron chi connectivity index (χ2n) is 3.36. The zero-order chi connectivity index (χ0) is 12.1. The molecular formula is C11H12N2O3. The molecule has 1 aromatic rings. The van der Waals surface area contributed by atoms with E-state index >= 15 is 0 Å². The van der Waals surface area contributed by atoms with Crippen molar-refractivity contribution >= 4 is 5.69 Å². The lowest BCUT2D eigenvalue weighted by Gasteiger charge is -2.13. The van der Waals surface area contributed by atoms with Gasteiger partial charge < -0.3 is 4.74 Å². The third-order valence-corrected chi connectivity index (χ3v) is 2.22. The molecule has 0 aliphatic heterocycles. The molecule has 0 radical (unpaired) electrons. The van der Waals surface area contributed by atoms with Crippen molar-refractivity contribution in [3.05, 3.63) is 33.9 Å². The van der Waals surface area contributed by atoms with E-state index in [0.717, 1.165) is 6.42 Å². The molecule has 1 atom stereocenters. The third kappa shape index (κ3) is 2.48. The fourth-order valence-electron chi connectivity index (χ4n) is 1.18. The van der Waals surface area contributed by atoms with Crippen molar-refractivity contribution in [3.8, 4) is 11.8 Å². The zero-order valence-electron chi connectivity index (χ0n) is 9.14. The van der Waals surface area contributed by atoms with Crippen LogP contribution in [0, 0.1) is 21.4 Å². The molecule has 0 saturated heterocycles. The van der Waals surface area contributed by atoms with Crippen molar-refractivity contribution < 1.29 is 9.66 Å². The molecule has 0 N–H and O–H groups in total. The smallest absolute Gasteiger partial charge is 0.290 e. The Balaban J connectivity index is 3.15. The monoisotopic (exact) mass is 220 g/mol. The van der Waals surface area contributed by atoms with Crippen LogP contribution in [0.3, 0.4) is 0 Å². The lowest BCUT2D eigenvalue weighted by Crippen LogP contribution is -2.11. The molecule has 0 saturated carbocycles. The molecule has 0 amide bonds. The van der Waals surface area contributed by atoms with Gasteiger partial charge in [-0.05, 0) is 19.4 Å². The maximum absolute atomic E-state index is 10.7. The number of rotatable bonds is 4. The van der Waals surface area contributed by atoms with Gasteiger partial charge in [-0.25, -0.2) is 0 Å². The van der Waals surface area contributed by atoms with E-state index in [9.17, 15) is 10.1 Å². The van der Waals surface area contributed by atoms with Crippen molar-refractivity contribution in [2.24, 2.45) is 0 Å². The normalized spacial score (nSPS) is 11.6. The molecule has 84 valence electrons. The minimum atomic E-state index is -0.581. The molecule has 16 heavy (non-hydrogen) atoms. The molecule has 0 aromatic heterocycles. The van der Waals surface area contributed by atoms with Crippen LogP contribution in [0.15, 0.2) is 18.2 Å². The van der Waals surface area contributed by atoms with Crippen molar-refractivity contribution in [1.82, 2.24) is 0 Å². The predicted molar refractivity (Wildman–Crippen MR) is 58.2 cm³/mol. The van der Waals surface area contributed by atoms with E-state index < -0.39 is 4.92 Å². The fraction of sp³-hybridized carbons (Fsp3) is 0.364. The summed E-state index contributed by atoms with van der Waals surface area (Å²) in [5, 5.41) is 19.6. The number of hydrogen-bond donors (Lipinski definition) is 0. The largest absolute Gasteiger partial charge is 0.489 e. The van der Waals surface area contributed by atoms with E-state index in [1.807, 2.05) is 19.9 Å². The maximum atomic E-state index is 10.7. The summed E-state index contributed by atoms with van der Waals surface area (Å²) in [5.41, 5.74) is -0.240. The highest BCUT2D eigenvalue weighted by Crippen LogP contribution is 2.28. The molecule has 0 bridgehead atoms. The molecule has 0 aliphatic rings. The van der Waals surface area contributed by atoms with Gasteiger partial charge in [0.15, 0.2) is 5.56 Å². The SMILES string of the molecule is CCC(C)Oc1cccc([N+](=O)[O-])c1C#N. The molecule has 5 nitrogen and oxygen atoms in total. The fourth-order valence-corrected chi connectivity index (χ4v) is 1.18. The van der Waals surface area contributed by atoms with Gasteiger partial charge in [-0.2, -0.15) is 5.26 Å². The highest BCUT2D eigenvalue weighted by atomic mass is 16.6. The number of benzene rings is 1. The van der Waals surface area contributed by atoms with Gasteiger partial charge in [-0.1, -0.05) is 13.0 Å². The van der Waals surface area contributed by atoms with Crippen LogP contribution in [0.1, 0.15) is 25.8 Å². The minimum absolute atomic E-state index is 0.0206. The second-order valence-corrected chi connectivity index (χ2v) is 3.36. The lowest BCUT2D eigenvalue weighted by molar-refractivity contribution is -0.385. The Morgan fingerprint density at radius 2 is 2.31 bits per heavy atom. The van der Waals surface area contributed by atoms with Crippen molar-refractivity contribution in [1.29, 1.82) is 5.26 Å². The summed E-state index contributed by atoms with van der Waals surface area (Å²) in [5.74, 6) is 0.269. The Morgan fingerprint density at radius 3 is 2.81 bits per heavy atom. The number of nitro groups is 1. The first-order valence-electron chi connectivity index (χ1n) is 4.94. The maximum Gasteiger partial charge on any atom is 0.290 e. The first kappa shape index (κ1) is 12.0. The summed E-state index contributed by atoms with van der Waals surface area (Å²) < 4.78 is 5.45. The molecule has 0 heterocycles. The standard InChI is InChI=1S/C11H12N2O3/c1-3-8(2)16-11-6-4-5-10(13(14)15)9(11)7-12/h4-6,8H,3H2,1-2H3. The van der Waals surface area contributed by atoms with Gasteiger partial charge in [0.25, 0.3) is 5.69 Å². The molecule has 5 heteroatoms. The molecule has 1 aromatic carbocycles. The van der Waals surface area contributed by atoms with E-state index in [-0.39, 0.29) is 23.1 Å². The van der Waals surface area contributed by atoms with Gasteiger partial charge in [-0.15, -0.1) is 0 Å². The molecule has 0 aliphatic carbocycles. The van der Waals surface area contributed by atoms with Crippen LogP contribution in [0.5, 0.6) is 5.75 Å². The van der Waals surface area contributed by atoms with Crippen LogP contribution < -0.4 is 4.74 Å². The van der Waals surface area contributed by atoms with Gasteiger partial charge in [0.1, 0.15) is 11.8 Å². The molecule has 0 fully saturated rings. The average Bonchev–Trinajstić information content (AvgIpc) is 2.28. The van der Waals surface area contributed by atoms with Crippen LogP contribution in [-0.4, -0.2) is 11.0 Å². The van der Waals surface area contributed by atoms with E-state index in [2.05, 4.69) is 0 Å².